The molecule has 2 amide bonds. The van der Waals surface area contributed by atoms with Gasteiger partial charge in [-0.1, -0.05) is 91.0 Å². The molecule has 0 saturated heterocycles. The second kappa shape index (κ2) is 10.2. The van der Waals surface area contributed by atoms with Crippen molar-refractivity contribution in [3.05, 3.63) is 107 Å². The van der Waals surface area contributed by atoms with Gasteiger partial charge in [0, 0.05) is 10.4 Å². The summed E-state index contributed by atoms with van der Waals surface area (Å²) in [7, 11) is 0. The Hall–Kier alpha value is -3.77. The van der Waals surface area contributed by atoms with E-state index in [2.05, 4.69) is 15.6 Å². The van der Waals surface area contributed by atoms with Crippen LogP contribution in [0.3, 0.4) is 0 Å². The summed E-state index contributed by atoms with van der Waals surface area (Å²) in [6.07, 6.45) is 0. The van der Waals surface area contributed by atoms with Gasteiger partial charge in [-0.3, -0.25) is 9.59 Å². The first-order valence-corrected chi connectivity index (χ1v) is 11.6. The lowest BCUT2D eigenvalue weighted by Gasteiger charge is -2.20. The molecule has 0 aliphatic heterocycles. The number of aromatic nitrogens is 1. The van der Waals surface area contributed by atoms with Crippen molar-refractivity contribution in [1.82, 2.24) is 10.3 Å². The van der Waals surface area contributed by atoms with Crippen LogP contribution in [0.1, 0.15) is 28.8 Å². The van der Waals surface area contributed by atoms with Crippen molar-refractivity contribution in [1.29, 1.82) is 0 Å². The molecule has 0 bridgehead atoms. The Bertz CT molecular complexity index is 1180. The number of hydrogen-bond acceptors (Lipinski definition) is 4. The minimum absolute atomic E-state index is 0.227. The number of nitrogens with zero attached hydrogens (tertiary/aromatic N) is 1. The summed E-state index contributed by atoms with van der Waals surface area (Å²) in [6, 6.07) is 28.3. The molecule has 4 rings (SSSR count). The molecule has 4 aromatic rings. The zero-order chi connectivity index (χ0) is 23.2. The van der Waals surface area contributed by atoms with Crippen LogP contribution in [-0.4, -0.2) is 22.8 Å². The summed E-state index contributed by atoms with van der Waals surface area (Å²) in [6.45, 7) is 3.66. The maximum atomic E-state index is 13.3. The van der Waals surface area contributed by atoms with Gasteiger partial charge >= 0.3 is 0 Å². The second-order valence-corrected chi connectivity index (χ2v) is 8.97. The van der Waals surface area contributed by atoms with E-state index in [0.717, 1.165) is 27.3 Å². The Morgan fingerprint density at radius 1 is 0.788 bits per heavy atom. The first kappa shape index (κ1) is 22.4. The fourth-order valence-corrected chi connectivity index (χ4v) is 4.51. The highest BCUT2D eigenvalue weighted by molar-refractivity contribution is 7.16. The average molecular weight is 456 g/mol. The molecule has 1 heterocycles. The van der Waals surface area contributed by atoms with Crippen LogP contribution in [0.15, 0.2) is 91.0 Å². The van der Waals surface area contributed by atoms with Gasteiger partial charge in [-0.2, -0.15) is 0 Å². The highest BCUT2D eigenvalue weighted by atomic mass is 32.1. The number of amides is 2. The van der Waals surface area contributed by atoms with E-state index in [1.54, 1.807) is 6.92 Å². The number of rotatable bonds is 7. The molecular formula is C27H25N3O2S. The lowest BCUT2D eigenvalue weighted by Crippen LogP contribution is -2.43. The summed E-state index contributed by atoms with van der Waals surface area (Å²) in [5.74, 6) is -1.04. The van der Waals surface area contributed by atoms with E-state index in [9.17, 15) is 9.59 Å². The number of hydrogen-bond donors (Lipinski definition) is 2. The van der Waals surface area contributed by atoms with E-state index in [1.807, 2.05) is 97.9 Å². The van der Waals surface area contributed by atoms with E-state index < -0.39 is 12.0 Å². The van der Waals surface area contributed by atoms with Crippen molar-refractivity contribution in [2.45, 2.75) is 25.8 Å². The van der Waals surface area contributed by atoms with Gasteiger partial charge in [-0.05, 0) is 25.0 Å². The first-order valence-electron chi connectivity index (χ1n) is 10.8. The van der Waals surface area contributed by atoms with Gasteiger partial charge in [0.05, 0.1) is 11.6 Å². The zero-order valence-electron chi connectivity index (χ0n) is 18.5. The van der Waals surface area contributed by atoms with Gasteiger partial charge in [-0.15, -0.1) is 11.3 Å². The predicted molar refractivity (Wildman–Crippen MR) is 133 cm³/mol. The number of aryl methyl sites for hydroxylation is 1. The molecule has 2 N–H and O–H groups in total. The molecule has 0 unspecified atom stereocenters. The Morgan fingerprint density at radius 3 is 1.85 bits per heavy atom. The first-order chi connectivity index (χ1) is 16.0. The number of benzene rings is 3. The summed E-state index contributed by atoms with van der Waals surface area (Å²) in [4.78, 5) is 31.7. The number of anilines is 1. The van der Waals surface area contributed by atoms with Crippen LogP contribution >= 0.6 is 11.3 Å². The Kier molecular flexibility index (Phi) is 6.95. The molecule has 166 valence electrons. The summed E-state index contributed by atoms with van der Waals surface area (Å²) >= 11 is 1.42. The van der Waals surface area contributed by atoms with Gasteiger partial charge in [0.25, 0.3) is 0 Å². The fraction of sp³-hybridized carbons (Fsp3) is 0.148. The third-order valence-corrected chi connectivity index (χ3v) is 6.24. The summed E-state index contributed by atoms with van der Waals surface area (Å²) < 4.78 is 0. The smallest absolute Gasteiger partial charge is 0.248 e. The minimum atomic E-state index is -0.725. The Balaban J connectivity index is 1.47. The van der Waals surface area contributed by atoms with Gasteiger partial charge in [0.1, 0.15) is 6.04 Å². The van der Waals surface area contributed by atoms with Crippen LogP contribution < -0.4 is 10.6 Å². The normalized spacial score (nSPS) is 11.7. The van der Waals surface area contributed by atoms with Crippen molar-refractivity contribution in [3.8, 4) is 11.3 Å². The Labute approximate surface area is 197 Å². The number of nitrogens with one attached hydrogen (secondary N) is 2. The van der Waals surface area contributed by atoms with Crippen LogP contribution in [-0.2, 0) is 9.59 Å². The van der Waals surface area contributed by atoms with Crippen molar-refractivity contribution in [2.75, 3.05) is 5.32 Å². The summed E-state index contributed by atoms with van der Waals surface area (Å²) in [5, 5.41) is 6.24. The lowest BCUT2D eigenvalue weighted by molar-refractivity contribution is -0.126. The molecule has 5 nitrogen and oxygen atoms in total. The molecule has 0 fully saturated rings. The standard InChI is InChI=1S/C27H25N3O2S/c1-18(25(31)30-27-29-24(19(2)33-27)22-16-10-5-11-17-22)28-26(32)23(20-12-6-3-7-13-20)21-14-8-4-9-15-21/h3-18,23H,1-2H3,(H,28,32)(H,29,30,31)/t18-/m0/s1. The van der Waals surface area contributed by atoms with Gasteiger partial charge < -0.3 is 10.6 Å². The maximum absolute atomic E-state index is 13.3. The molecule has 1 atom stereocenters. The minimum Gasteiger partial charge on any atom is -0.344 e. The molecule has 33 heavy (non-hydrogen) atoms. The molecule has 6 heteroatoms. The molecular weight excluding hydrogens is 430 g/mol. The fourth-order valence-electron chi connectivity index (χ4n) is 3.68. The topological polar surface area (TPSA) is 71.1 Å². The highest BCUT2D eigenvalue weighted by Gasteiger charge is 2.26. The maximum Gasteiger partial charge on any atom is 0.248 e. The lowest BCUT2D eigenvalue weighted by atomic mass is 9.90. The number of carbonyl (C=O) groups excluding carboxylic acids is 2. The van der Waals surface area contributed by atoms with E-state index >= 15 is 0 Å². The Morgan fingerprint density at radius 2 is 1.30 bits per heavy atom. The van der Waals surface area contributed by atoms with Crippen LogP contribution in [0.2, 0.25) is 0 Å². The molecule has 1 aromatic heterocycles. The molecule has 0 radical (unpaired) electrons. The van der Waals surface area contributed by atoms with E-state index in [-0.39, 0.29) is 11.8 Å². The van der Waals surface area contributed by atoms with Gasteiger partial charge in [0.2, 0.25) is 11.8 Å². The van der Waals surface area contributed by atoms with Crippen molar-refractivity contribution < 1.29 is 9.59 Å². The number of carbonyl (C=O) groups is 2. The van der Waals surface area contributed by atoms with Crippen LogP contribution in [0, 0.1) is 6.92 Å². The van der Waals surface area contributed by atoms with Crippen molar-refractivity contribution in [3.63, 3.8) is 0 Å². The largest absolute Gasteiger partial charge is 0.344 e. The van der Waals surface area contributed by atoms with Crippen LogP contribution in [0.25, 0.3) is 11.3 Å². The van der Waals surface area contributed by atoms with Crippen LogP contribution in [0.5, 0.6) is 0 Å². The molecule has 0 saturated carbocycles. The zero-order valence-corrected chi connectivity index (χ0v) is 19.3. The van der Waals surface area contributed by atoms with E-state index in [0.29, 0.717) is 5.13 Å². The summed E-state index contributed by atoms with van der Waals surface area (Å²) in [5.41, 5.74) is 3.59. The SMILES string of the molecule is Cc1sc(NC(=O)[C@H](C)NC(=O)C(c2ccccc2)c2ccccc2)nc1-c1ccccc1. The highest BCUT2D eigenvalue weighted by Crippen LogP contribution is 2.30. The van der Waals surface area contributed by atoms with Crippen LogP contribution in [0.4, 0.5) is 5.13 Å². The van der Waals surface area contributed by atoms with Crippen molar-refractivity contribution in [2.24, 2.45) is 0 Å². The monoisotopic (exact) mass is 455 g/mol. The predicted octanol–water partition coefficient (Wildman–Crippen LogP) is 5.39. The molecule has 0 aliphatic rings. The molecule has 0 aliphatic carbocycles. The quantitative estimate of drug-likeness (QED) is 0.392. The third-order valence-electron chi connectivity index (χ3n) is 5.35. The molecule has 3 aromatic carbocycles. The number of thiazole rings is 1. The third kappa shape index (κ3) is 5.35. The van der Waals surface area contributed by atoms with E-state index in [4.69, 9.17) is 0 Å². The van der Waals surface area contributed by atoms with Gasteiger partial charge in [-0.25, -0.2) is 4.98 Å². The second-order valence-electron chi connectivity index (χ2n) is 7.76. The van der Waals surface area contributed by atoms with Crippen molar-refractivity contribution >= 4 is 28.3 Å². The van der Waals surface area contributed by atoms with Gasteiger partial charge in [0.15, 0.2) is 5.13 Å². The average Bonchev–Trinajstić information content (AvgIpc) is 3.21. The molecule has 0 spiro atoms. The van der Waals surface area contributed by atoms with E-state index in [1.165, 1.54) is 11.3 Å².